The van der Waals surface area contributed by atoms with Gasteiger partial charge in [0, 0.05) is 23.3 Å². The number of methoxy groups -OCH3 is 2. The lowest BCUT2D eigenvalue weighted by Gasteiger charge is -2.09. The molecule has 0 fully saturated rings. The van der Waals surface area contributed by atoms with E-state index in [2.05, 4.69) is 20.8 Å². The fraction of sp³-hybridized carbons (Fsp3) is 0.280. The molecule has 2 N–H and O–H groups in total. The first-order valence-electron chi connectivity index (χ1n) is 11.1. The number of thioether (sulfide) groups is 1. The Morgan fingerprint density at radius 3 is 2.58 bits per heavy atom. The molecule has 0 unspecified atom stereocenters. The van der Waals surface area contributed by atoms with E-state index in [9.17, 15) is 9.59 Å². The summed E-state index contributed by atoms with van der Waals surface area (Å²) in [5, 5.41) is 15.2. The summed E-state index contributed by atoms with van der Waals surface area (Å²) < 4.78 is 12.4. The number of rotatable bonds is 11. The molecule has 2 amide bonds. The number of aryl methyl sites for hydroxylation is 1. The summed E-state index contributed by atoms with van der Waals surface area (Å²) in [6, 6.07) is 10.8. The number of carbonyl (C=O) groups is 2. The summed E-state index contributed by atoms with van der Waals surface area (Å²) in [5.74, 6) is 1.49. The van der Waals surface area contributed by atoms with Gasteiger partial charge in [-0.2, -0.15) is 0 Å². The summed E-state index contributed by atoms with van der Waals surface area (Å²) in [6.45, 7) is 4.64. The number of nitrogens with one attached hydrogen (secondary N) is 2. The molecule has 0 aliphatic heterocycles. The number of benzene rings is 2. The third-order valence-corrected chi connectivity index (χ3v) is 6.53. The van der Waals surface area contributed by atoms with Crippen molar-refractivity contribution in [2.75, 3.05) is 25.3 Å². The van der Waals surface area contributed by atoms with E-state index < -0.39 is 0 Å². The van der Waals surface area contributed by atoms with Crippen molar-refractivity contribution in [1.29, 1.82) is 0 Å². The molecule has 1 aromatic heterocycles. The molecule has 3 aromatic rings. The smallest absolute Gasteiger partial charge is 0.244 e. The minimum atomic E-state index is -0.277. The maximum absolute atomic E-state index is 12.4. The lowest BCUT2D eigenvalue weighted by molar-refractivity contribution is -0.116. The molecular formula is C25H28ClN5O4S. The van der Waals surface area contributed by atoms with Crippen molar-refractivity contribution >= 4 is 46.9 Å². The molecule has 1 heterocycles. The van der Waals surface area contributed by atoms with Crippen molar-refractivity contribution in [2.24, 2.45) is 0 Å². The van der Waals surface area contributed by atoms with Crippen molar-refractivity contribution in [3.05, 3.63) is 64.4 Å². The summed E-state index contributed by atoms with van der Waals surface area (Å²) in [4.78, 5) is 24.7. The summed E-state index contributed by atoms with van der Waals surface area (Å²) in [5.41, 5.74) is 2.37. The summed E-state index contributed by atoms with van der Waals surface area (Å²) in [7, 11) is 3.12. The molecule has 0 aliphatic carbocycles. The van der Waals surface area contributed by atoms with E-state index in [0.717, 1.165) is 11.1 Å². The molecule has 0 atom stereocenters. The zero-order valence-corrected chi connectivity index (χ0v) is 22.1. The van der Waals surface area contributed by atoms with Gasteiger partial charge in [-0.1, -0.05) is 35.5 Å². The van der Waals surface area contributed by atoms with E-state index >= 15 is 0 Å². The number of aromatic nitrogens is 3. The Labute approximate surface area is 219 Å². The second-order valence-corrected chi connectivity index (χ2v) is 8.96. The predicted molar refractivity (Wildman–Crippen MR) is 142 cm³/mol. The lowest BCUT2D eigenvalue weighted by Crippen LogP contribution is -2.22. The molecular weight excluding hydrogens is 502 g/mol. The molecule has 36 heavy (non-hydrogen) atoms. The average molecular weight is 530 g/mol. The molecule has 11 heteroatoms. The maximum Gasteiger partial charge on any atom is 0.244 e. The average Bonchev–Trinajstić information content (AvgIpc) is 3.28. The molecule has 0 radical (unpaired) electrons. The maximum atomic E-state index is 12.4. The van der Waals surface area contributed by atoms with Crippen LogP contribution in [-0.4, -0.2) is 46.6 Å². The molecule has 2 aromatic carbocycles. The van der Waals surface area contributed by atoms with Crippen LogP contribution in [0.15, 0.2) is 47.6 Å². The topological polar surface area (TPSA) is 107 Å². The van der Waals surface area contributed by atoms with Crippen LogP contribution in [0, 0.1) is 6.92 Å². The SMILES string of the molecule is CCn1c(CNC(=O)/C=C/c2ccc(OC)c(OC)c2)nnc1SCC(=O)Nc1ccc(C)c(Cl)c1. The Hall–Kier alpha value is -3.50. The first-order chi connectivity index (χ1) is 17.3. The monoisotopic (exact) mass is 529 g/mol. The van der Waals surface area contributed by atoms with Gasteiger partial charge < -0.3 is 24.7 Å². The highest BCUT2D eigenvalue weighted by Crippen LogP contribution is 2.28. The quantitative estimate of drug-likeness (QED) is 0.281. The number of amides is 2. The third-order valence-electron chi connectivity index (χ3n) is 5.15. The van der Waals surface area contributed by atoms with E-state index in [-0.39, 0.29) is 24.1 Å². The molecule has 0 bridgehead atoms. The van der Waals surface area contributed by atoms with Crippen LogP contribution in [0.2, 0.25) is 5.02 Å². The largest absolute Gasteiger partial charge is 0.493 e. The van der Waals surface area contributed by atoms with Gasteiger partial charge in [0.05, 0.1) is 26.5 Å². The zero-order chi connectivity index (χ0) is 26.1. The molecule has 0 aliphatic rings. The number of ether oxygens (including phenoxy) is 2. The lowest BCUT2D eigenvalue weighted by atomic mass is 10.2. The first kappa shape index (κ1) is 27.1. The number of carbonyl (C=O) groups excluding carboxylic acids is 2. The van der Waals surface area contributed by atoms with Crippen LogP contribution in [0.3, 0.4) is 0 Å². The molecule has 190 valence electrons. The Balaban J connectivity index is 1.54. The van der Waals surface area contributed by atoms with Gasteiger partial charge in [0.2, 0.25) is 11.8 Å². The molecule has 0 spiro atoms. The van der Waals surface area contributed by atoms with Crippen LogP contribution in [0.1, 0.15) is 23.9 Å². The van der Waals surface area contributed by atoms with Crippen molar-refractivity contribution in [2.45, 2.75) is 32.1 Å². The zero-order valence-electron chi connectivity index (χ0n) is 20.5. The van der Waals surface area contributed by atoms with E-state index in [4.69, 9.17) is 21.1 Å². The van der Waals surface area contributed by atoms with Gasteiger partial charge in [-0.25, -0.2) is 0 Å². The van der Waals surface area contributed by atoms with Crippen molar-refractivity contribution in [1.82, 2.24) is 20.1 Å². The number of hydrogen-bond acceptors (Lipinski definition) is 7. The summed E-state index contributed by atoms with van der Waals surface area (Å²) >= 11 is 7.39. The fourth-order valence-corrected chi connectivity index (χ4v) is 4.23. The van der Waals surface area contributed by atoms with Gasteiger partial charge in [-0.3, -0.25) is 9.59 Å². The molecule has 0 saturated heterocycles. The van der Waals surface area contributed by atoms with Gasteiger partial charge >= 0.3 is 0 Å². The third kappa shape index (κ3) is 7.25. The van der Waals surface area contributed by atoms with Crippen molar-refractivity contribution in [3.63, 3.8) is 0 Å². The highest BCUT2D eigenvalue weighted by atomic mass is 35.5. The highest BCUT2D eigenvalue weighted by Gasteiger charge is 2.14. The Morgan fingerprint density at radius 1 is 1.11 bits per heavy atom. The van der Waals surface area contributed by atoms with Crippen LogP contribution >= 0.6 is 23.4 Å². The van der Waals surface area contributed by atoms with Crippen LogP contribution in [0.25, 0.3) is 6.08 Å². The Kier molecular flexibility index (Phi) is 9.77. The van der Waals surface area contributed by atoms with E-state index in [0.29, 0.717) is 39.7 Å². The van der Waals surface area contributed by atoms with Gasteiger partial charge in [0.25, 0.3) is 0 Å². The van der Waals surface area contributed by atoms with Crippen molar-refractivity contribution < 1.29 is 19.1 Å². The van der Waals surface area contributed by atoms with E-state index in [1.807, 2.05) is 30.5 Å². The van der Waals surface area contributed by atoms with Crippen molar-refractivity contribution in [3.8, 4) is 11.5 Å². The van der Waals surface area contributed by atoms with E-state index in [1.165, 1.54) is 17.8 Å². The number of halogens is 1. The minimum absolute atomic E-state index is 0.157. The fourth-order valence-electron chi connectivity index (χ4n) is 3.23. The molecule has 9 nitrogen and oxygen atoms in total. The van der Waals surface area contributed by atoms with Crippen LogP contribution in [0.5, 0.6) is 11.5 Å². The number of hydrogen-bond donors (Lipinski definition) is 2. The first-order valence-corrected chi connectivity index (χ1v) is 12.5. The second kappa shape index (κ2) is 13.0. The van der Waals surface area contributed by atoms with Crippen LogP contribution in [-0.2, 0) is 22.7 Å². The number of nitrogens with zero attached hydrogens (tertiary/aromatic N) is 3. The second-order valence-electron chi connectivity index (χ2n) is 7.61. The normalized spacial score (nSPS) is 10.9. The Morgan fingerprint density at radius 2 is 1.89 bits per heavy atom. The molecule has 0 saturated carbocycles. The molecule has 3 rings (SSSR count). The number of anilines is 1. The van der Waals surface area contributed by atoms with Gasteiger partial charge in [0.1, 0.15) is 0 Å². The van der Waals surface area contributed by atoms with Gasteiger partial charge in [-0.05, 0) is 55.3 Å². The van der Waals surface area contributed by atoms with E-state index in [1.54, 1.807) is 44.6 Å². The van der Waals surface area contributed by atoms with Crippen LogP contribution in [0.4, 0.5) is 5.69 Å². The predicted octanol–water partition coefficient (Wildman–Crippen LogP) is 4.34. The minimum Gasteiger partial charge on any atom is -0.493 e. The van der Waals surface area contributed by atoms with Gasteiger partial charge in [0.15, 0.2) is 22.5 Å². The summed E-state index contributed by atoms with van der Waals surface area (Å²) in [6.07, 6.45) is 3.12. The standard InChI is InChI=1S/C25H28ClN5O4S/c1-5-31-22(14-27-23(32)11-8-17-7-10-20(34-3)21(12-17)35-4)29-30-25(31)36-15-24(33)28-18-9-6-16(2)19(26)13-18/h6-13H,5,14-15H2,1-4H3,(H,27,32)(H,28,33)/b11-8+. The van der Waals surface area contributed by atoms with Gasteiger partial charge in [-0.15, -0.1) is 10.2 Å². The highest BCUT2D eigenvalue weighted by molar-refractivity contribution is 7.99. The Bertz CT molecular complexity index is 1260. The van der Waals surface area contributed by atoms with Crippen LogP contribution < -0.4 is 20.1 Å².